The molecule has 1 amide bonds. The van der Waals surface area contributed by atoms with E-state index in [0.29, 0.717) is 16.8 Å². The third-order valence-electron chi connectivity index (χ3n) is 3.87. The molecule has 0 aliphatic heterocycles. The third-order valence-corrected chi connectivity index (χ3v) is 3.87. The van der Waals surface area contributed by atoms with Crippen LogP contribution in [0.2, 0.25) is 0 Å². The standard InChI is InChI=1S/C21H18F3NO4/c1-13(26)16-6-10-18(11-7-16)25-20(28)14(2)29-19(27)12-5-15-3-8-17(9-4-15)21(22,23)24/h3-12,14H,1-2H3,(H,25,28)/b12-5+/t14-/m1/s1. The van der Waals surface area contributed by atoms with Crippen molar-refractivity contribution >= 4 is 29.4 Å². The van der Waals surface area contributed by atoms with E-state index in [-0.39, 0.29) is 5.78 Å². The molecule has 0 unspecified atom stereocenters. The quantitative estimate of drug-likeness (QED) is 0.437. The van der Waals surface area contributed by atoms with E-state index in [0.717, 1.165) is 18.2 Å². The molecule has 1 atom stereocenters. The van der Waals surface area contributed by atoms with Crippen LogP contribution in [0.4, 0.5) is 18.9 Å². The highest BCUT2D eigenvalue weighted by atomic mass is 19.4. The lowest BCUT2D eigenvalue weighted by Gasteiger charge is -2.12. The molecule has 2 aromatic carbocycles. The van der Waals surface area contributed by atoms with Gasteiger partial charge in [0.15, 0.2) is 11.9 Å². The lowest BCUT2D eigenvalue weighted by Crippen LogP contribution is -2.29. The van der Waals surface area contributed by atoms with Crippen LogP contribution in [-0.4, -0.2) is 23.8 Å². The van der Waals surface area contributed by atoms with Gasteiger partial charge in [-0.25, -0.2) is 4.79 Å². The van der Waals surface area contributed by atoms with E-state index in [1.165, 1.54) is 32.1 Å². The molecule has 0 heterocycles. The average Bonchev–Trinajstić information content (AvgIpc) is 2.66. The monoisotopic (exact) mass is 405 g/mol. The SMILES string of the molecule is CC(=O)c1ccc(NC(=O)[C@@H](C)OC(=O)/C=C/c2ccc(C(F)(F)F)cc2)cc1. The lowest BCUT2D eigenvalue weighted by atomic mass is 10.1. The maximum Gasteiger partial charge on any atom is 0.416 e. The molecule has 0 spiro atoms. The predicted octanol–water partition coefficient (Wildman–Crippen LogP) is 4.49. The number of hydrogen-bond acceptors (Lipinski definition) is 4. The summed E-state index contributed by atoms with van der Waals surface area (Å²) in [6.07, 6.45) is -3.23. The molecule has 0 aliphatic carbocycles. The fourth-order valence-corrected chi connectivity index (χ4v) is 2.25. The van der Waals surface area contributed by atoms with E-state index < -0.39 is 29.7 Å². The molecule has 0 aromatic heterocycles. The van der Waals surface area contributed by atoms with Crippen molar-refractivity contribution in [2.75, 3.05) is 5.32 Å². The Morgan fingerprint density at radius 1 is 1.00 bits per heavy atom. The Morgan fingerprint density at radius 3 is 2.10 bits per heavy atom. The van der Waals surface area contributed by atoms with Crippen molar-refractivity contribution < 1.29 is 32.3 Å². The summed E-state index contributed by atoms with van der Waals surface area (Å²) >= 11 is 0. The Labute approximate surface area is 165 Å². The van der Waals surface area contributed by atoms with Gasteiger partial charge in [0.2, 0.25) is 0 Å². The Morgan fingerprint density at radius 2 is 1.59 bits per heavy atom. The molecule has 2 aromatic rings. The number of rotatable bonds is 6. The first-order chi connectivity index (χ1) is 13.6. The second kappa shape index (κ2) is 9.18. The van der Waals surface area contributed by atoms with Gasteiger partial charge in [-0.05, 0) is 61.9 Å². The number of carbonyl (C=O) groups excluding carboxylic acids is 3. The molecule has 8 heteroatoms. The summed E-state index contributed by atoms with van der Waals surface area (Å²) in [7, 11) is 0. The summed E-state index contributed by atoms with van der Waals surface area (Å²) < 4.78 is 42.5. The normalized spacial score (nSPS) is 12.4. The van der Waals surface area contributed by atoms with Crippen molar-refractivity contribution in [3.05, 3.63) is 71.3 Å². The zero-order valence-corrected chi connectivity index (χ0v) is 15.6. The summed E-state index contributed by atoms with van der Waals surface area (Å²) in [4.78, 5) is 35.1. The van der Waals surface area contributed by atoms with Crippen LogP contribution in [0.15, 0.2) is 54.6 Å². The van der Waals surface area contributed by atoms with E-state index in [4.69, 9.17) is 4.74 Å². The highest BCUT2D eigenvalue weighted by Gasteiger charge is 2.29. The van der Waals surface area contributed by atoms with Crippen LogP contribution >= 0.6 is 0 Å². The number of ether oxygens (including phenoxy) is 1. The van der Waals surface area contributed by atoms with Crippen LogP contribution in [0.5, 0.6) is 0 Å². The number of nitrogens with one attached hydrogen (secondary N) is 1. The zero-order valence-electron chi connectivity index (χ0n) is 15.6. The van der Waals surface area contributed by atoms with Gasteiger partial charge < -0.3 is 10.1 Å². The van der Waals surface area contributed by atoms with E-state index in [1.54, 1.807) is 24.3 Å². The number of ketones is 1. The van der Waals surface area contributed by atoms with E-state index in [1.807, 2.05) is 0 Å². The van der Waals surface area contributed by atoms with Crippen LogP contribution in [0.25, 0.3) is 6.08 Å². The van der Waals surface area contributed by atoms with Gasteiger partial charge >= 0.3 is 12.1 Å². The Balaban J connectivity index is 1.89. The number of esters is 1. The molecule has 1 N–H and O–H groups in total. The molecule has 0 saturated carbocycles. The topological polar surface area (TPSA) is 72.5 Å². The fourth-order valence-electron chi connectivity index (χ4n) is 2.25. The second-order valence-corrected chi connectivity index (χ2v) is 6.16. The Bertz CT molecular complexity index is 916. The van der Waals surface area contributed by atoms with E-state index >= 15 is 0 Å². The number of halogens is 3. The first-order valence-corrected chi connectivity index (χ1v) is 8.54. The van der Waals surface area contributed by atoms with Crippen molar-refractivity contribution in [1.29, 1.82) is 0 Å². The minimum atomic E-state index is -4.43. The van der Waals surface area contributed by atoms with Gasteiger partial charge in [-0.15, -0.1) is 0 Å². The highest BCUT2D eigenvalue weighted by molar-refractivity contribution is 5.98. The van der Waals surface area contributed by atoms with Gasteiger partial charge in [0, 0.05) is 17.3 Å². The van der Waals surface area contributed by atoms with Crippen LogP contribution in [0.1, 0.15) is 35.3 Å². The fraction of sp³-hybridized carbons (Fsp3) is 0.190. The maximum absolute atomic E-state index is 12.5. The number of hydrogen-bond donors (Lipinski definition) is 1. The molecule has 152 valence electrons. The van der Waals surface area contributed by atoms with Crippen LogP contribution < -0.4 is 5.32 Å². The third kappa shape index (κ3) is 6.60. The summed E-state index contributed by atoms with van der Waals surface area (Å²) in [5.41, 5.74) is 0.510. The van der Waals surface area contributed by atoms with Crippen LogP contribution in [0, 0.1) is 0 Å². The van der Waals surface area contributed by atoms with Crippen molar-refractivity contribution in [2.45, 2.75) is 26.1 Å². The van der Waals surface area contributed by atoms with Gasteiger partial charge in [-0.2, -0.15) is 13.2 Å². The molecule has 5 nitrogen and oxygen atoms in total. The van der Waals surface area contributed by atoms with Crippen LogP contribution in [-0.2, 0) is 20.5 Å². The minimum Gasteiger partial charge on any atom is -0.449 e. The summed E-state index contributed by atoms with van der Waals surface area (Å²) in [6.45, 7) is 2.80. The average molecular weight is 405 g/mol. The zero-order chi connectivity index (χ0) is 21.6. The minimum absolute atomic E-state index is 0.106. The molecule has 0 aliphatic rings. The summed E-state index contributed by atoms with van der Waals surface area (Å²) in [5.74, 6) is -1.50. The number of carbonyl (C=O) groups is 3. The van der Waals surface area contributed by atoms with Crippen molar-refractivity contribution in [1.82, 2.24) is 0 Å². The van der Waals surface area contributed by atoms with Gasteiger partial charge in [0.1, 0.15) is 0 Å². The first-order valence-electron chi connectivity index (χ1n) is 8.54. The molecular formula is C21H18F3NO4. The van der Waals surface area contributed by atoms with Crippen molar-refractivity contribution in [2.24, 2.45) is 0 Å². The number of benzene rings is 2. The van der Waals surface area contributed by atoms with Gasteiger partial charge in [0.05, 0.1) is 5.56 Å². The molecule has 0 saturated heterocycles. The number of alkyl halides is 3. The molecule has 2 rings (SSSR count). The van der Waals surface area contributed by atoms with Crippen molar-refractivity contribution in [3.63, 3.8) is 0 Å². The molecule has 0 fully saturated rings. The van der Waals surface area contributed by atoms with Gasteiger partial charge in [-0.1, -0.05) is 12.1 Å². The Kier molecular flexibility index (Phi) is 6.93. The lowest BCUT2D eigenvalue weighted by molar-refractivity contribution is -0.148. The summed E-state index contributed by atoms with van der Waals surface area (Å²) in [5, 5.41) is 2.55. The van der Waals surface area contributed by atoms with E-state index in [2.05, 4.69) is 5.32 Å². The smallest absolute Gasteiger partial charge is 0.416 e. The molecule has 0 bridgehead atoms. The molecular weight excluding hydrogens is 387 g/mol. The van der Waals surface area contributed by atoms with Gasteiger partial charge in [-0.3, -0.25) is 9.59 Å². The molecule has 29 heavy (non-hydrogen) atoms. The summed E-state index contributed by atoms with van der Waals surface area (Å²) in [6, 6.07) is 10.4. The predicted molar refractivity (Wildman–Crippen MR) is 101 cm³/mol. The highest BCUT2D eigenvalue weighted by Crippen LogP contribution is 2.29. The number of amides is 1. The maximum atomic E-state index is 12.5. The largest absolute Gasteiger partial charge is 0.449 e. The molecule has 0 radical (unpaired) electrons. The number of Topliss-reactive ketones (excluding diaryl/α,β-unsaturated/α-hetero) is 1. The number of anilines is 1. The van der Waals surface area contributed by atoms with Crippen LogP contribution in [0.3, 0.4) is 0 Å². The first kappa shape index (κ1) is 21.9. The van der Waals surface area contributed by atoms with Crippen molar-refractivity contribution in [3.8, 4) is 0 Å². The second-order valence-electron chi connectivity index (χ2n) is 6.16. The van der Waals surface area contributed by atoms with E-state index in [9.17, 15) is 27.6 Å². The van der Waals surface area contributed by atoms with Gasteiger partial charge in [0.25, 0.3) is 5.91 Å². The Hall–Kier alpha value is -3.42.